The van der Waals surface area contributed by atoms with Crippen molar-refractivity contribution in [3.05, 3.63) is 70.5 Å². The summed E-state index contributed by atoms with van der Waals surface area (Å²) >= 11 is 5.36. The number of hydrogen-bond acceptors (Lipinski definition) is 3. The van der Waals surface area contributed by atoms with Crippen molar-refractivity contribution in [1.82, 2.24) is 20.1 Å². The first-order valence-corrected chi connectivity index (χ1v) is 10.0. The highest BCUT2D eigenvalue weighted by atomic mass is 32.1. The average Bonchev–Trinajstić information content (AvgIpc) is 3.08. The molecule has 1 unspecified atom stereocenters. The molecule has 0 saturated heterocycles. The highest BCUT2D eigenvalue weighted by Gasteiger charge is 2.13. The van der Waals surface area contributed by atoms with Crippen LogP contribution in [0.15, 0.2) is 54.6 Å². The summed E-state index contributed by atoms with van der Waals surface area (Å²) in [5, 5.41) is 10.3. The Morgan fingerprint density at radius 3 is 2.71 bits per heavy atom. The number of H-pyrrole nitrogens is 1. The van der Waals surface area contributed by atoms with Crippen LogP contribution in [0.5, 0.6) is 0 Å². The fraction of sp³-hybridized carbons (Fsp3) is 0.318. The molecule has 0 saturated carbocycles. The lowest BCUT2D eigenvalue weighted by Crippen LogP contribution is -2.29. The Hall–Kier alpha value is -2.73. The van der Waals surface area contributed by atoms with Gasteiger partial charge >= 0.3 is 0 Å². The number of benzene rings is 2. The molecule has 0 fully saturated rings. The van der Waals surface area contributed by atoms with Crippen LogP contribution >= 0.6 is 12.2 Å². The van der Waals surface area contributed by atoms with E-state index >= 15 is 0 Å². The quantitative estimate of drug-likeness (QED) is 0.548. The largest absolute Gasteiger partial charge is 0.355 e. The summed E-state index contributed by atoms with van der Waals surface area (Å²) < 4.78 is 2.41. The van der Waals surface area contributed by atoms with Crippen molar-refractivity contribution in [1.29, 1.82) is 0 Å². The molecule has 6 heteroatoms. The molecule has 3 aromatic rings. The van der Waals surface area contributed by atoms with Gasteiger partial charge in [-0.05, 0) is 37.2 Å². The predicted octanol–water partition coefficient (Wildman–Crippen LogP) is 4.62. The van der Waals surface area contributed by atoms with Gasteiger partial charge in [-0.1, -0.05) is 61.0 Å². The summed E-state index contributed by atoms with van der Waals surface area (Å²) in [6.07, 6.45) is 1.34. The third kappa shape index (κ3) is 4.95. The topological polar surface area (TPSA) is 62.7 Å². The van der Waals surface area contributed by atoms with E-state index < -0.39 is 0 Å². The second kappa shape index (κ2) is 9.46. The molecule has 28 heavy (non-hydrogen) atoms. The van der Waals surface area contributed by atoms with Gasteiger partial charge in [0.05, 0.1) is 0 Å². The summed E-state index contributed by atoms with van der Waals surface area (Å²) in [5.41, 5.74) is 3.40. The molecular formula is C22H26N4OS. The minimum Gasteiger partial charge on any atom is -0.355 e. The molecule has 0 aliphatic rings. The maximum atomic E-state index is 12.4. The standard InChI is InChI=1S/C22H26N4OS/c1-3-17(18-9-5-4-6-10-18)15-23-20(27)12-13-26-21(24-25-22(26)28)19-11-7-8-16(2)14-19/h4-11,14,17H,3,12-13,15H2,1-2H3,(H,23,27)(H,25,28). The highest BCUT2D eigenvalue weighted by molar-refractivity contribution is 7.71. The van der Waals surface area contributed by atoms with Crippen molar-refractivity contribution in [3.63, 3.8) is 0 Å². The molecule has 0 spiro atoms. The molecule has 0 bridgehead atoms. The molecule has 2 N–H and O–H groups in total. The van der Waals surface area contributed by atoms with Gasteiger partial charge in [0, 0.05) is 31.0 Å². The zero-order valence-electron chi connectivity index (χ0n) is 16.3. The van der Waals surface area contributed by atoms with Gasteiger partial charge in [0.15, 0.2) is 10.6 Å². The molecule has 0 aliphatic carbocycles. The first-order chi connectivity index (χ1) is 13.6. The molecule has 146 valence electrons. The van der Waals surface area contributed by atoms with Gasteiger partial charge in [0.1, 0.15) is 0 Å². The van der Waals surface area contributed by atoms with Gasteiger partial charge in [-0.15, -0.1) is 0 Å². The van der Waals surface area contributed by atoms with Crippen LogP contribution in [0.2, 0.25) is 0 Å². The molecule has 1 heterocycles. The Balaban J connectivity index is 1.61. The maximum absolute atomic E-state index is 12.4. The summed E-state index contributed by atoms with van der Waals surface area (Å²) in [5.74, 6) is 1.11. The maximum Gasteiger partial charge on any atom is 0.221 e. The second-order valence-corrected chi connectivity index (χ2v) is 7.33. The van der Waals surface area contributed by atoms with Crippen molar-refractivity contribution >= 4 is 18.1 Å². The number of rotatable bonds is 8. The Morgan fingerprint density at radius 2 is 2.00 bits per heavy atom. The van der Waals surface area contributed by atoms with E-state index in [4.69, 9.17) is 12.2 Å². The number of hydrogen-bond donors (Lipinski definition) is 2. The number of nitrogens with one attached hydrogen (secondary N) is 2. The third-order valence-corrected chi connectivity index (χ3v) is 5.22. The van der Waals surface area contributed by atoms with Crippen LogP contribution in [0.4, 0.5) is 0 Å². The molecule has 2 aromatic carbocycles. The van der Waals surface area contributed by atoms with Crippen LogP contribution in [0.25, 0.3) is 11.4 Å². The number of nitrogens with zero attached hydrogens (tertiary/aromatic N) is 2. The average molecular weight is 395 g/mol. The Bertz CT molecular complexity index is 977. The van der Waals surface area contributed by atoms with Crippen molar-refractivity contribution in [2.75, 3.05) is 6.54 Å². The SMILES string of the molecule is CCC(CNC(=O)CCn1c(-c2cccc(C)c2)n[nH]c1=S)c1ccccc1. The molecule has 3 rings (SSSR count). The number of aromatic amines is 1. The van der Waals surface area contributed by atoms with Gasteiger partial charge < -0.3 is 5.32 Å². The monoisotopic (exact) mass is 394 g/mol. The Labute approximate surface area is 170 Å². The summed E-state index contributed by atoms with van der Waals surface area (Å²) in [6, 6.07) is 18.4. The fourth-order valence-corrected chi connectivity index (χ4v) is 3.51. The van der Waals surface area contributed by atoms with E-state index in [0.717, 1.165) is 23.4 Å². The van der Waals surface area contributed by atoms with E-state index in [9.17, 15) is 4.79 Å². The third-order valence-electron chi connectivity index (χ3n) is 4.91. The van der Waals surface area contributed by atoms with Crippen LogP contribution in [-0.4, -0.2) is 27.2 Å². The minimum atomic E-state index is 0.0210. The molecule has 1 amide bonds. The summed E-state index contributed by atoms with van der Waals surface area (Å²) in [7, 11) is 0. The smallest absolute Gasteiger partial charge is 0.221 e. The molecule has 1 atom stereocenters. The number of aryl methyl sites for hydroxylation is 1. The zero-order valence-corrected chi connectivity index (χ0v) is 17.1. The van der Waals surface area contributed by atoms with Gasteiger partial charge in [-0.25, -0.2) is 0 Å². The van der Waals surface area contributed by atoms with Gasteiger partial charge in [0.25, 0.3) is 0 Å². The van der Waals surface area contributed by atoms with E-state index in [1.54, 1.807) is 0 Å². The predicted molar refractivity (Wildman–Crippen MR) is 115 cm³/mol. The van der Waals surface area contributed by atoms with E-state index in [2.05, 4.69) is 40.6 Å². The van der Waals surface area contributed by atoms with Crippen molar-refractivity contribution in [3.8, 4) is 11.4 Å². The van der Waals surface area contributed by atoms with Crippen LogP contribution in [-0.2, 0) is 11.3 Å². The van der Waals surface area contributed by atoms with E-state index in [0.29, 0.717) is 30.2 Å². The summed E-state index contributed by atoms with van der Waals surface area (Å²) in [4.78, 5) is 12.4. The first-order valence-electron chi connectivity index (χ1n) is 9.62. The molecule has 0 aliphatic heterocycles. The van der Waals surface area contributed by atoms with E-state index in [1.165, 1.54) is 5.56 Å². The van der Waals surface area contributed by atoms with Crippen molar-refractivity contribution in [2.45, 2.75) is 39.2 Å². The van der Waals surface area contributed by atoms with E-state index in [-0.39, 0.29) is 5.91 Å². The summed E-state index contributed by atoms with van der Waals surface area (Å²) in [6.45, 7) is 5.32. The van der Waals surface area contributed by atoms with Crippen LogP contribution in [0.3, 0.4) is 0 Å². The number of amides is 1. The first kappa shape index (κ1) is 20.0. The second-order valence-electron chi connectivity index (χ2n) is 6.94. The zero-order chi connectivity index (χ0) is 19.9. The van der Waals surface area contributed by atoms with Crippen molar-refractivity contribution in [2.24, 2.45) is 0 Å². The molecular weight excluding hydrogens is 368 g/mol. The number of carbonyl (C=O) groups is 1. The Morgan fingerprint density at radius 1 is 1.21 bits per heavy atom. The molecule has 0 radical (unpaired) electrons. The van der Waals surface area contributed by atoms with Crippen LogP contribution in [0, 0.1) is 11.7 Å². The minimum absolute atomic E-state index is 0.0210. The Kier molecular flexibility index (Phi) is 6.76. The van der Waals surface area contributed by atoms with Gasteiger partial charge in [-0.2, -0.15) is 5.10 Å². The highest BCUT2D eigenvalue weighted by Crippen LogP contribution is 2.20. The van der Waals surface area contributed by atoms with Crippen LogP contribution < -0.4 is 5.32 Å². The van der Waals surface area contributed by atoms with Crippen molar-refractivity contribution < 1.29 is 4.79 Å². The van der Waals surface area contributed by atoms with Gasteiger partial charge in [0.2, 0.25) is 5.91 Å². The van der Waals surface area contributed by atoms with Gasteiger partial charge in [-0.3, -0.25) is 14.5 Å². The lowest BCUT2D eigenvalue weighted by Gasteiger charge is -2.16. The number of aromatic nitrogens is 3. The van der Waals surface area contributed by atoms with Crippen LogP contribution in [0.1, 0.15) is 36.8 Å². The molecule has 5 nitrogen and oxygen atoms in total. The number of carbonyl (C=O) groups excluding carboxylic acids is 1. The fourth-order valence-electron chi connectivity index (χ4n) is 3.29. The lowest BCUT2D eigenvalue weighted by molar-refractivity contribution is -0.121. The molecule has 1 aromatic heterocycles. The lowest BCUT2D eigenvalue weighted by atomic mass is 9.96. The van der Waals surface area contributed by atoms with E-state index in [1.807, 2.05) is 47.9 Å². The normalized spacial score (nSPS) is 11.9.